The van der Waals surface area contributed by atoms with Crippen molar-refractivity contribution in [2.45, 2.75) is 64.5 Å². The first-order valence-corrected chi connectivity index (χ1v) is 7.67. The SMILES string of the molecule is CCCNC(COC)C(OCC)C1CCCCC1. The molecule has 0 aliphatic heterocycles. The summed E-state index contributed by atoms with van der Waals surface area (Å²) in [5, 5.41) is 3.60. The Morgan fingerprint density at radius 2 is 1.89 bits per heavy atom. The van der Waals surface area contributed by atoms with Gasteiger partial charge in [-0.25, -0.2) is 0 Å². The van der Waals surface area contributed by atoms with Gasteiger partial charge in [-0.15, -0.1) is 0 Å². The lowest BCUT2D eigenvalue weighted by atomic mass is 9.82. The first kappa shape index (κ1) is 15.9. The van der Waals surface area contributed by atoms with E-state index < -0.39 is 0 Å². The second-order valence-electron chi connectivity index (χ2n) is 5.33. The van der Waals surface area contributed by atoms with E-state index in [-0.39, 0.29) is 0 Å². The van der Waals surface area contributed by atoms with Crippen LogP contribution in [0.3, 0.4) is 0 Å². The minimum Gasteiger partial charge on any atom is -0.383 e. The second-order valence-corrected chi connectivity index (χ2v) is 5.33. The van der Waals surface area contributed by atoms with Crippen molar-refractivity contribution in [3.8, 4) is 0 Å². The molecule has 3 nitrogen and oxygen atoms in total. The van der Waals surface area contributed by atoms with Gasteiger partial charge < -0.3 is 14.8 Å². The van der Waals surface area contributed by atoms with Crippen molar-refractivity contribution in [2.75, 3.05) is 26.9 Å². The Kier molecular flexibility index (Phi) is 8.64. The summed E-state index contributed by atoms with van der Waals surface area (Å²) in [6.07, 6.45) is 8.24. The highest BCUT2D eigenvalue weighted by molar-refractivity contribution is 4.85. The van der Waals surface area contributed by atoms with Crippen LogP contribution in [0, 0.1) is 5.92 Å². The Morgan fingerprint density at radius 3 is 2.44 bits per heavy atom. The van der Waals surface area contributed by atoms with Crippen LogP contribution in [0.1, 0.15) is 52.4 Å². The van der Waals surface area contributed by atoms with Crippen LogP contribution in [-0.2, 0) is 9.47 Å². The molecule has 1 rings (SSSR count). The number of nitrogens with one attached hydrogen (secondary N) is 1. The Bertz CT molecular complexity index is 193. The van der Waals surface area contributed by atoms with Gasteiger partial charge in [0.2, 0.25) is 0 Å². The molecule has 108 valence electrons. The number of hydrogen-bond acceptors (Lipinski definition) is 3. The predicted molar refractivity (Wildman–Crippen MR) is 75.9 cm³/mol. The van der Waals surface area contributed by atoms with Crippen molar-refractivity contribution in [3.63, 3.8) is 0 Å². The van der Waals surface area contributed by atoms with Crippen LogP contribution in [0.5, 0.6) is 0 Å². The molecule has 1 fully saturated rings. The molecule has 0 aromatic heterocycles. The largest absolute Gasteiger partial charge is 0.383 e. The topological polar surface area (TPSA) is 30.5 Å². The third kappa shape index (κ3) is 5.25. The van der Waals surface area contributed by atoms with Gasteiger partial charge in [0, 0.05) is 13.7 Å². The van der Waals surface area contributed by atoms with Gasteiger partial charge >= 0.3 is 0 Å². The molecule has 2 atom stereocenters. The van der Waals surface area contributed by atoms with Crippen molar-refractivity contribution in [2.24, 2.45) is 5.92 Å². The molecule has 1 aliphatic rings. The smallest absolute Gasteiger partial charge is 0.0778 e. The zero-order valence-electron chi connectivity index (χ0n) is 12.4. The predicted octanol–water partition coefficient (Wildman–Crippen LogP) is 2.99. The van der Waals surface area contributed by atoms with Gasteiger partial charge in [0.05, 0.1) is 18.8 Å². The third-order valence-electron chi connectivity index (χ3n) is 3.87. The Balaban J connectivity index is 2.57. The van der Waals surface area contributed by atoms with Gasteiger partial charge in [0.1, 0.15) is 0 Å². The number of methoxy groups -OCH3 is 1. The van der Waals surface area contributed by atoms with Crippen molar-refractivity contribution >= 4 is 0 Å². The summed E-state index contributed by atoms with van der Waals surface area (Å²) >= 11 is 0. The highest BCUT2D eigenvalue weighted by atomic mass is 16.5. The van der Waals surface area contributed by atoms with Crippen LogP contribution in [0.2, 0.25) is 0 Å². The maximum atomic E-state index is 6.05. The monoisotopic (exact) mass is 257 g/mol. The quantitative estimate of drug-likeness (QED) is 0.689. The molecule has 0 amide bonds. The van der Waals surface area contributed by atoms with Crippen LogP contribution >= 0.6 is 0 Å². The molecular formula is C15H31NO2. The van der Waals surface area contributed by atoms with Crippen LogP contribution in [0.4, 0.5) is 0 Å². The van der Waals surface area contributed by atoms with Crippen LogP contribution in [-0.4, -0.2) is 39.0 Å². The molecular weight excluding hydrogens is 226 g/mol. The molecule has 3 heteroatoms. The summed E-state index contributed by atoms with van der Waals surface area (Å²) in [5.74, 6) is 0.711. The normalized spacial score (nSPS) is 20.8. The molecule has 0 radical (unpaired) electrons. The van der Waals surface area contributed by atoms with Gasteiger partial charge in [-0.2, -0.15) is 0 Å². The van der Waals surface area contributed by atoms with Crippen molar-refractivity contribution in [3.05, 3.63) is 0 Å². The lowest BCUT2D eigenvalue weighted by molar-refractivity contribution is -0.0344. The molecule has 0 aromatic rings. The van der Waals surface area contributed by atoms with E-state index >= 15 is 0 Å². The minimum absolute atomic E-state index is 0.321. The van der Waals surface area contributed by atoms with Gasteiger partial charge in [0.25, 0.3) is 0 Å². The molecule has 18 heavy (non-hydrogen) atoms. The third-order valence-corrected chi connectivity index (χ3v) is 3.87. The standard InChI is InChI=1S/C15H31NO2/c1-4-11-16-14(12-17-3)15(18-5-2)13-9-7-6-8-10-13/h13-16H,4-12H2,1-3H3. The molecule has 0 aromatic carbocycles. The van der Waals surface area contributed by atoms with E-state index in [1.54, 1.807) is 7.11 Å². The zero-order chi connectivity index (χ0) is 13.2. The van der Waals surface area contributed by atoms with Crippen LogP contribution in [0.15, 0.2) is 0 Å². The fourth-order valence-corrected chi connectivity index (χ4v) is 3.02. The lowest BCUT2D eigenvalue weighted by Crippen LogP contribution is -2.49. The first-order chi connectivity index (χ1) is 8.83. The minimum atomic E-state index is 0.321. The second kappa shape index (κ2) is 9.76. The van der Waals surface area contributed by atoms with Gasteiger partial charge in [-0.3, -0.25) is 0 Å². The fourth-order valence-electron chi connectivity index (χ4n) is 3.02. The number of ether oxygens (including phenoxy) is 2. The summed E-state index contributed by atoms with van der Waals surface area (Å²) in [6, 6.07) is 0.345. The van der Waals surface area contributed by atoms with Gasteiger partial charge in [0.15, 0.2) is 0 Å². The van der Waals surface area contributed by atoms with E-state index in [4.69, 9.17) is 9.47 Å². The fraction of sp³-hybridized carbons (Fsp3) is 1.00. The summed E-state index contributed by atoms with van der Waals surface area (Å²) in [4.78, 5) is 0. The highest BCUT2D eigenvalue weighted by Crippen LogP contribution is 2.29. The van der Waals surface area contributed by atoms with Crippen molar-refractivity contribution in [1.29, 1.82) is 0 Å². The number of rotatable bonds is 9. The van der Waals surface area contributed by atoms with Crippen LogP contribution < -0.4 is 5.32 Å². The molecule has 1 aliphatic carbocycles. The summed E-state index contributed by atoms with van der Waals surface area (Å²) in [7, 11) is 1.78. The Labute approximate surface area is 113 Å². The van der Waals surface area contributed by atoms with Gasteiger partial charge in [-0.1, -0.05) is 26.2 Å². The maximum absolute atomic E-state index is 6.05. The number of hydrogen-bond donors (Lipinski definition) is 1. The Morgan fingerprint density at radius 1 is 1.17 bits per heavy atom. The lowest BCUT2D eigenvalue weighted by Gasteiger charge is -2.35. The Hall–Kier alpha value is -0.120. The molecule has 0 saturated heterocycles. The molecule has 0 heterocycles. The summed E-state index contributed by atoms with van der Waals surface area (Å²) in [6.45, 7) is 6.90. The molecule has 0 spiro atoms. The highest BCUT2D eigenvalue weighted by Gasteiger charge is 2.30. The van der Waals surface area contributed by atoms with E-state index in [1.807, 2.05) is 0 Å². The van der Waals surface area contributed by atoms with Crippen molar-refractivity contribution < 1.29 is 9.47 Å². The average Bonchev–Trinajstić information content (AvgIpc) is 2.42. The molecule has 1 N–H and O–H groups in total. The van der Waals surface area contributed by atoms with E-state index in [9.17, 15) is 0 Å². The molecule has 0 bridgehead atoms. The zero-order valence-corrected chi connectivity index (χ0v) is 12.4. The van der Waals surface area contributed by atoms with E-state index in [1.165, 1.54) is 32.1 Å². The van der Waals surface area contributed by atoms with Gasteiger partial charge in [-0.05, 0) is 38.6 Å². The first-order valence-electron chi connectivity index (χ1n) is 7.67. The van der Waals surface area contributed by atoms with Crippen molar-refractivity contribution in [1.82, 2.24) is 5.32 Å². The van der Waals surface area contributed by atoms with E-state index in [0.717, 1.165) is 26.2 Å². The average molecular weight is 257 g/mol. The summed E-state index contributed by atoms with van der Waals surface area (Å²) < 4.78 is 11.4. The molecule has 1 saturated carbocycles. The van der Waals surface area contributed by atoms with Crippen LogP contribution in [0.25, 0.3) is 0 Å². The van der Waals surface area contributed by atoms with E-state index in [0.29, 0.717) is 18.1 Å². The molecule has 2 unspecified atom stereocenters. The van der Waals surface area contributed by atoms with E-state index in [2.05, 4.69) is 19.2 Å². The summed E-state index contributed by atoms with van der Waals surface area (Å²) in [5.41, 5.74) is 0. The maximum Gasteiger partial charge on any atom is 0.0778 e.